The van der Waals surface area contributed by atoms with E-state index in [2.05, 4.69) is 15.0 Å². The maximum absolute atomic E-state index is 12.2. The maximum atomic E-state index is 12.2. The second kappa shape index (κ2) is 9.99. The number of anilines is 1. The van der Waals surface area contributed by atoms with Crippen molar-refractivity contribution >= 4 is 11.4 Å². The lowest BCUT2D eigenvalue weighted by molar-refractivity contribution is -0.384. The van der Waals surface area contributed by atoms with Crippen LogP contribution >= 0.6 is 0 Å². The molecule has 0 aliphatic carbocycles. The van der Waals surface area contributed by atoms with Crippen LogP contribution in [-0.4, -0.2) is 48.7 Å². The number of pyridine rings is 1. The van der Waals surface area contributed by atoms with Gasteiger partial charge in [-0.2, -0.15) is 13.2 Å². The molecule has 1 N–H and O–H groups in total. The molecule has 0 amide bonds. The number of alkyl halides is 3. The molecule has 0 saturated carbocycles. The van der Waals surface area contributed by atoms with Crippen LogP contribution in [0.5, 0.6) is 5.88 Å². The van der Waals surface area contributed by atoms with Gasteiger partial charge in [0.1, 0.15) is 11.9 Å². The van der Waals surface area contributed by atoms with E-state index >= 15 is 0 Å². The predicted octanol–water partition coefficient (Wildman–Crippen LogP) is 3.13. The van der Waals surface area contributed by atoms with E-state index in [4.69, 9.17) is 9.47 Å². The summed E-state index contributed by atoms with van der Waals surface area (Å²) >= 11 is 0. The number of nitrogens with one attached hydrogen (secondary N) is 1. The van der Waals surface area contributed by atoms with Crippen molar-refractivity contribution in [3.05, 3.63) is 22.4 Å². The molecule has 0 spiro atoms. The molecule has 1 heterocycles. The topological polar surface area (TPSA) is 95.8 Å². The number of nitrogens with zero attached hydrogens (tertiary/aromatic N) is 2. The highest BCUT2D eigenvalue weighted by molar-refractivity contribution is 5.61. The number of hydrogen-bond acceptors (Lipinski definition) is 7. The summed E-state index contributed by atoms with van der Waals surface area (Å²) in [4.78, 5) is 13.8. The largest absolute Gasteiger partial charge is 0.468 e. The van der Waals surface area contributed by atoms with Crippen molar-refractivity contribution in [1.82, 2.24) is 4.98 Å². The van der Waals surface area contributed by atoms with Crippen LogP contribution in [0.1, 0.15) is 20.3 Å². The number of ether oxygens (including phenoxy) is 3. The van der Waals surface area contributed by atoms with Gasteiger partial charge >= 0.3 is 11.9 Å². The van der Waals surface area contributed by atoms with Crippen LogP contribution in [0.4, 0.5) is 24.5 Å². The summed E-state index contributed by atoms with van der Waals surface area (Å²) in [5.74, 6) is -0.364. The van der Waals surface area contributed by atoms with E-state index in [1.807, 2.05) is 0 Å². The Morgan fingerprint density at radius 2 is 1.96 bits per heavy atom. The Labute approximate surface area is 142 Å². The molecule has 0 aromatic carbocycles. The fraction of sp³-hybridized carbons (Fsp3) is 0.643. The smallest absolute Gasteiger partial charge is 0.422 e. The van der Waals surface area contributed by atoms with Gasteiger partial charge in [0.05, 0.1) is 4.92 Å². The van der Waals surface area contributed by atoms with Gasteiger partial charge in [0.2, 0.25) is 5.88 Å². The normalized spacial score (nSPS) is 11.6. The second-order valence-electron chi connectivity index (χ2n) is 4.76. The molecule has 0 atom stereocenters. The van der Waals surface area contributed by atoms with E-state index in [0.29, 0.717) is 19.6 Å². The van der Waals surface area contributed by atoms with E-state index in [0.717, 1.165) is 12.3 Å². The summed E-state index contributed by atoms with van der Waals surface area (Å²) < 4.78 is 51.7. The SMILES string of the molecule is CCOC(CCNc1cc(OCC(F)(F)F)ncc1[N+](=O)[O-])OCC. The minimum atomic E-state index is -4.53. The van der Waals surface area contributed by atoms with Gasteiger partial charge in [-0.3, -0.25) is 10.1 Å². The number of hydrogen-bond donors (Lipinski definition) is 1. The molecule has 0 bridgehead atoms. The first kappa shape index (κ1) is 20.9. The van der Waals surface area contributed by atoms with Gasteiger partial charge in [0.25, 0.3) is 0 Å². The van der Waals surface area contributed by atoms with Crippen LogP contribution in [0.25, 0.3) is 0 Å². The number of aromatic nitrogens is 1. The minimum Gasteiger partial charge on any atom is -0.468 e. The van der Waals surface area contributed by atoms with Gasteiger partial charge in [-0.1, -0.05) is 0 Å². The van der Waals surface area contributed by atoms with Crippen molar-refractivity contribution in [3.63, 3.8) is 0 Å². The molecule has 0 aliphatic heterocycles. The predicted molar refractivity (Wildman–Crippen MR) is 82.6 cm³/mol. The molecule has 25 heavy (non-hydrogen) atoms. The summed E-state index contributed by atoms with van der Waals surface area (Å²) in [6.07, 6.45) is -3.78. The second-order valence-corrected chi connectivity index (χ2v) is 4.76. The van der Waals surface area contributed by atoms with Gasteiger partial charge in [-0.15, -0.1) is 0 Å². The summed E-state index contributed by atoms with van der Waals surface area (Å²) in [6, 6.07) is 1.06. The van der Waals surface area contributed by atoms with Crippen LogP contribution < -0.4 is 10.1 Å². The first-order chi connectivity index (χ1) is 11.8. The molecule has 0 fully saturated rings. The van der Waals surface area contributed by atoms with Gasteiger partial charge < -0.3 is 19.5 Å². The van der Waals surface area contributed by atoms with Crippen LogP contribution in [-0.2, 0) is 9.47 Å². The lowest BCUT2D eigenvalue weighted by atomic mass is 10.3. The highest BCUT2D eigenvalue weighted by Gasteiger charge is 2.29. The Bertz CT molecular complexity index is 551. The summed E-state index contributed by atoms with van der Waals surface area (Å²) in [7, 11) is 0. The fourth-order valence-corrected chi connectivity index (χ4v) is 1.86. The molecule has 0 saturated heterocycles. The average Bonchev–Trinajstić information content (AvgIpc) is 2.52. The highest BCUT2D eigenvalue weighted by atomic mass is 19.4. The summed E-state index contributed by atoms with van der Waals surface area (Å²) in [6.45, 7) is 3.20. The zero-order valence-corrected chi connectivity index (χ0v) is 13.8. The zero-order valence-electron chi connectivity index (χ0n) is 13.8. The lowest BCUT2D eigenvalue weighted by Crippen LogP contribution is -2.21. The third-order valence-electron chi connectivity index (χ3n) is 2.84. The van der Waals surface area contributed by atoms with E-state index in [-0.39, 0.29) is 23.8 Å². The van der Waals surface area contributed by atoms with Crippen LogP contribution in [0, 0.1) is 10.1 Å². The van der Waals surface area contributed by atoms with Crippen LogP contribution in [0.3, 0.4) is 0 Å². The Balaban J connectivity index is 2.75. The Morgan fingerprint density at radius 3 is 2.48 bits per heavy atom. The number of nitro groups is 1. The monoisotopic (exact) mass is 367 g/mol. The molecule has 0 unspecified atom stereocenters. The van der Waals surface area contributed by atoms with E-state index < -0.39 is 24.0 Å². The van der Waals surface area contributed by atoms with Gasteiger partial charge in [-0.05, 0) is 13.8 Å². The number of halogens is 3. The maximum Gasteiger partial charge on any atom is 0.422 e. The number of rotatable bonds is 11. The molecular formula is C14H20F3N3O5. The van der Waals surface area contributed by atoms with Crippen molar-refractivity contribution in [3.8, 4) is 5.88 Å². The average molecular weight is 367 g/mol. The third kappa shape index (κ3) is 7.98. The summed E-state index contributed by atoms with van der Waals surface area (Å²) in [5.41, 5.74) is -0.368. The molecule has 8 nitrogen and oxygen atoms in total. The molecule has 0 radical (unpaired) electrons. The molecular weight excluding hydrogens is 347 g/mol. The van der Waals surface area contributed by atoms with Crippen molar-refractivity contribution in [1.29, 1.82) is 0 Å². The van der Waals surface area contributed by atoms with E-state index in [1.165, 1.54) is 0 Å². The first-order valence-corrected chi connectivity index (χ1v) is 7.57. The Hall–Kier alpha value is -2.14. The third-order valence-corrected chi connectivity index (χ3v) is 2.84. The molecule has 1 rings (SSSR count). The molecule has 1 aromatic heterocycles. The lowest BCUT2D eigenvalue weighted by Gasteiger charge is -2.17. The van der Waals surface area contributed by atoms with Crippen molar-refractivity contribution in [2.45, 2.75) is 32.7 Å². The van der Waals surface area contributed by atoms with Crippen LogP contribution in [0.15, 0.2) is 12.3 Å². The molecule has 1 aromatic rings. The Morgan fingerprint density at radius 1 is 1.32 bits per heavy atom. The van der Waals surface area contributed by atoms with Crippen molar-refractivity contribution < 1.29 is 32.3 Å². The minimum absolute atomic E-state index is 0.00363. The van der Waals surface area contributed by atoms with Crippen LogP contribution in [0.2, 0.25) is 0 Å². The summed E-state index contributed by atoms with van der Waals surface area (Å²) in [5, 5.41) is 13.8. The van der Waals surface area contributed by atoms with E-state index in [1.54, 1.807) is 13.8 Å². The standard InChI is InChI=1S/C14H20F3N3O5/c1-3-23-13(24-4-2)5-6-18-10-7-12(25-9-14(15,16)17)19-8-11(10)20(21)22/h7-8,13H,3-6,9H2,1-2H3,(H,18,19). The quantitative estimate of drug-likeness (QED) is 0.365. The fourth-order valence-electron chi connectivity index (χ4n) is 1.86. The van der Waals surface area contributed by atoms with Gasteiger partial charge in [0.15, 0.2) is 12.9 Å². The van der Waals surface area contributed by atoms with Crippen molar-refractivity contribution in [2.75, 3.05) is 31.7 Å². The van der Waals surface area contributed by atoms with Gasteiger partial charge in [-0.25, -0.2) is 4.98 Å². The molecule has 142 valence electrons. The van der Waals surface area contributed by atoms with Crippen molar-refractivity contribution in [2.24, 2.45) is 0 Å². The highest BCUT2D eigenvalue weighted by Crippen LogP contribution is 2.27. The first-order valence-electron chi connectivity index (χ1n) is 7.57. The zero-order chi connectivity index (χ0) is 18.9. The molecule has 0 aliphatic rings. The molecule has 11 heteroatoms. The van der Waals surface area contributed by atoms with Gasteiger partial charge in [0, 0.05) is 32.2 Å². The Kier molecular flexibility index (Phi) is 8.35. The van der Waals surface area contributed by atoms with E-state index in [9.17, 15) is 23.3 Å².